The minimum Gasteiger partial charge on any atom is -0.395 e. The van der Waals surface area contributed by atoms with Crippen molar-refractivity contribution in [3.8, 4) is 0 Å². The molecule has 0 radical (unpaired) electrons. The lowest BCUT2D eigenvalue weighted by Crippen LogP contribution is -1.93. The Bertz CT molecular complexity index is 662. The van der Waals surface area contributed by atoms with Crippen molar-refractivity contribution in [2.45, 2.75) is 12.8 Å². The van der Waals surface area contributed by atoms with E-state index in [-0.39, 0.29) is 0 Å². The Hall–Kier alpha value is -2.55. The molecule has 0 spiro atoms. The average molecular weight is 266 g/mol. The molecule has 0 fully saturated rings. The van der Waals surface area contributed by atoms with Crippen LogP contribution in [0, 0.1) is 0 Å². The summed E-state index contributed by atoms with van der Waals surface area (Å²) in [4.78, 5) is 11.4. The molecule has 3 heteroatoms. The van der Waals surface area contributed by atoms with Gasteiger partial charge in [-0.05, 0) is 11.1 Å². The van der Waals surface area contributed by atoms with Crippen molar-refractivity contribution in [2.75, 3.05) is 0 Å². The van der Waals surface area contributed by atoms with E-state index in [1.807, 2.05) is 60.7 Å². The van der Waals surface area contributed by atoms with E-state index in [1.54, 1.807) is 0 Å². The number of rotatable bonds is 4. The van der Waals surface area contributed by atoms with Gasteiger partial charge in [-0.25, -0.2) is 4.79 Å². The van der Waals surface area contributed by atoms with Crippen LogP contribution in [0.2, 0.25) is 0 Å². The summed E-state index contributed by atoms with van der Waals surface area (Å²) >= 11 is 0. The lowest BCUT2D eigenvalue weighted by Gasteiger charge is -2.01. The third-order valence-electron chi connectivity index (χ3n) is 3.14. The van der Waals surface area contributed by atoms with Crippen LogP contribution in [0.15, 0.2) is 74.3 Å². The quantitative estimate of drug-likeness (QED) is 0.726. The van der Waals surface area contributed by atoms with Gasteiger partial charge in [0.25, 0.3) is 0 Å². The van der Waals surface area contributed by atoms with E-state index in [1.165, 1.54) is 0 Å². The summed E-state index contributed by atoms with van der Waals surface area (Å²) in [5.74, 6) is 0.567. The molecule has 0 unspecified atom stereocenters. The Kier molecular flexibility index (Phi) is 3.50. The smallest absolute Gasteiger partial charge is 0.395 e. The zero-order chi connectivity index (χ0) is 13.8. The van der Waals surface area contributed by atoms with Crippen molar-refractivity contribution in [1.29, 1.82) is 0 Å². The van der Waals surface area contributed by atoms with Gasteiger partial charge in [0.15, 0.2) is 11.5 Å². The Morgan fingerprint density at radius 3 is 1.45 bits per heavy atom. The molecule has 3 nitrogen and oxygen atoms in total. The lowest BCUT2D eigenvalue weighted by molar-refractivity contribution is 0.369. The molecule has 0 aliphatic rings. The fraction of sp³-hybridized carbons (Fsp3) is 0.118. The number of hydrogen-bond acceptors (Lipinski definition) is 3. The van der Waals surface area contributed by atoms with Crippen molar-refractivity contribution in [1.82, 2.24) is 0 Å². The van der Waals surface area contributed by atoms with Crippen molar-refractivity contribution < 1.29 is 8.83 Å². The second-order valence-electron chi connectivity index (χ2n) is 4.63. The highest BCUT2D eigenvalue weighted by atomic mass is 16.6. The minimum atomic E-state index is -0.637. The van der Waals surface area contributed by atoms with Gasteiger partial charge in [-0.2, -0.15) is 0 Å². The predicted molar refractivity (Wildman–Crippen MR) is 75.7 cm³/mol. The summed E-state index contributed by atoms with van der Waals surface area (Å²) in [7, 11) is 0. The van der Waals surface area contributed by atoms with Crippen LogP contribution in [-0.2, 0) is 12.8 Å². The van der Waals surface area contributed by atoms with Gasteiger partial charge >= 0.3 is 5.82 Å². The molecule has 0 aliphatic heterocycles. The van der Waals surface area contributed by atoms with Crippen LogP contribution in [0.4, 0.5) is 0 Å². The minimum absolute atomic E-state index is 0.564. The normalized spacial score (nSPS) is 10.6. The van der Waals surface area contributed by atoms with E-state index in [9.17, 15) is 4.79 Å². The molecule has 3 aromatic rings. The molecule has 100 valence electrons. The average Bonchev–Trinajstić information content (AvgIpc) is 2.81. The van der Waals surface area contributed by atoms with Crippen LogP contribution in [0.25, 0.3) is 0 Å². The maximum Gasteiger partial charge on any atom is 0.519 e. The Morgan fingerprint density at radius 1 is 0.650 bits per heavy atom. The second-order valence-corrected chi connectivity index (χ2v) is 4.63. The molecule has 3 rings (SSSR count). The summed E-state index contributed by atoms with van der Waals surface area (Å²) in [6, 6.07) is 19.8. The van der Waals surface area contributed by atoms with Crippen LogP contribution in [0.3, 0.4) is 0 Å². The molecular formula is C17H14O3. The molecule has 1 aromatic heterocycles. The Balaban J connectivity index is 1.87. The topological polar surface area (TPSA) is 43.4 Å². The first kappa shape index (κ1) is 12.5. The van der Waals surface area contributed by atoms with Gasteiger partial charge in [-0.1, -0.05) is 60.7 Å². The number of benzene rings is 2. The molecular weight excluding hydrogens is 252 g/mol. The third kappa shape index (κ3) is 2.88. The standard InChI is InChI=1S/C17H14O3/c18-17-19-15(11-13-7-3-1-4-8-13)16(20-17)12-14-9-5-2-6-10-14/h1-10H,11-12H2. The van der Waals surface area contributed by atoms with Crippen LogP contribution >= 0.6 is 0 Å². The van der Waals surface area contributed by atoms with E-state index in [0.29, 0.717) is 24.4 Å². The molecule has 0 saturated carbocycles. The van der Waals surface area contributed by atoms with Gasteiger partial charge in [-0.15, -0.1) is 0 Å². The summed E-state index contributed by atoms with van der Waals surface area (Å²) < 4.78 is 10.3. The highest BCUT2D eigenvalue weighted by Crippen LogP contribution is 2.17. The van der Waals surface area contributed by atoms with E-state index >= 15 is 0 Å². The second kappa shape index (κ2) is 5.61. The highest BCUT2D eigenvalue weighted by molar-refractivity contribution is 5.25. The first-order valence-electron chi connectivity index (χ1n) is 6.51. The first-order chi connectivity index (χ1) is 9.81. The van der Waals surface area contributed by atoms with Crippen molar-refractivity contribution in [2.24, 2.45) is 0 Å². The fourth-order valence-electron chi connectivity index (χ4n) is 2.17. The summed E-state index contributed by atoms with van der Waals surface area (Å²) in [6.45, 7) is 0. The molecule has 0 aliphatic carbocycles. The molecule has 1 heterocycles. The molecule has 20 heavy (non-hydrogen) atoms. The SMILES string of the molecule is O=c1oc(Cc2ccccc2)c(Cc2ccccc2)o1. The monoisotopic (exact) mass is 266 g/mol. The van der Waals surface area contributed by atoms with Gasteiger partial charge < -0.3 is 8.83 Å². The van der Waals surface area contributed by atoms with Gasteiger partial charge in [0.1, 0.15) is 0 Å². The predicted octanol–water partition coefficient (Wildman–Crippen LogP) is 3.41. The largest absolute Gasteiger partial charge is 0.519 e. The van der Waals surface area contributed by atoms with E-state index in [4.69, 9.17) is 8.83 Å². The third-order valence-corrected chi connectivity index (χ3v) is 3.14. The lowest BCUT2D eigenvalue weighted by atomic mass is 10.1. The molecule has 2 aromatic carbocycles. The summed E-state index contributed by atoms with van der Waals surface area (Å²) in [5.41, 5.74) is 2.18. The molecule has 0 bridgehead atoms. The molecule has 0 saturated heterocycles. The maximum absolute atomic E-state index is 11.4. The van der Waals surface area contributed by atoms with Gasteiger partial charge in [0.05, 0.1) is 0 Å². The molecule has 0 amide bonds. The van der Waals surface area contributed by atoms with Gasteiger partial charge in [0.2, 0.25) is 0 Å². The van der Waals surface area contributed by atoms with Crippen LogP contribution in [0.5, 0.6) is 0 Å². The zero-order valence-corrected chi connectivity index (χ0v) is 10.9. The fourth-order valence-corrected chi connectivity index (χ4v) is 2.17. The number of hydrogen-bond donors (Lipinski definition) is 0. The Morgan fingerprint density at radius 2 is 1.05 bits per heavy atom. The van der Waals surface area contributed by atoms with E-state index in [0.717, 1.165) is 11.1 Å². The Labute approximate surface area is 116 Å². The maximum atomic E-state index is 11.4. The van der Waals surface area contributed by atoms with E-state index < -0.39 is 5.82 Å². The molecule has 0 atom stereocenters. The summed E-state index contributed by atoms with van der Waals surface area (Å²) in [5, 5.41) is 0. The first-order valence-corrected chi connectivity index (χ1v) is 6.51. The van der Waals surface area contributed by atoms with Crippen LogP contribution in [-0.4, -0.2) is 0 Å². The summed E-state index contributed by atoms with van der Waals surface area (Å²) in [6.07, 6.45) is 1.13. The van der Waals surface area contributed by atoms with Crippen LogP contribution < -0.4 is 5.82 Å². The molecule has 0 N–H and O–H groups in total. The van der Waals surface area contributed by atoms with Gasteiger partial charge in [0, 0.05) is 12.8 Å². The van der Waals surface area contributed by atoms with Crippen molar-refractivity contribution >= 4 is 0 Å². The van der Waals surface area contributed by atoms with E-state index in [2.05, 4.69) is 0 Å². The highest BCUT2D eigenvalue weighted by Gasteiger charge is 2.13. The zero-order valence-electron chi connectivity index (χ0n) is 10.9. The van der Waals surface area contributed by atoms with Gasteiger partial charge in [-0.3, -0.25) is 0 Å². The van der Waals surface area contributed by atoms with Crippen molar-refractivity contribution in [3.05, 3.63) is 93.9 Å². The van der Waals surface area contributed by atoms with Crippen molar-refractivity contribution in [3.63, 3.8) is 0 Å². The van der Waals surface area contributed by atoms with Crippen LogP contribution in [0.1, 0.15) is 22.6 Å².